The van der Waals surface area contributed by atoms with Crippen LogP contribution in [0, 0.1) is 3.14 Å². The third kappa shape index (κ3) is 6.55. The minimum absolute atomic E-state index is 1.08. The standard InChI is InChI=1S/C9H12I2S5/c10-3-1-5-13-7-8(14-6-2-4-11)16-9(12)15-7/h1-6H2. The van der Waals surface area contributed by atoms with E-state index in [4.69, 9.17) is 12.2 Å². The van der Waals surface area contributed by atoms with Gasteiger partial charge in [-0.3, -0.25) is 0 Å². The summed E-state index contributed by atoms with van der Waals surface area (Å²) in [6.07, 6.45) is 2.58. The first-order chi connectivity index (χ1) is 7.77. The summed E-state index contributed by atoms with van der Waals surface area (Å²) in [4.78, 5) is 0. The minimum atomic E-state index is 1.08. The van der Waals surface area contributed by atoms with Crippen molar-refractivity contribution in [1.29, 1.82) is 0 Å². The lowest BCUT2D eigenvalue weighted by Gasteiger charge is -2.00. The maximum Gasteiger partial charge on any atom is 0.145 e. The Labute approximate surface area is 146 Å². The van der Waals surface area contributed by atoms with Crippen molar-refractivity contribution in [2.45, 2.75) is 21.3 Å². The first-order valence-electron chi connectivity index (χ1n) is 4.79. The van der Waals surface area contributed by atoms with Crippen molar-refractivity contribution >= 4 is 104 Å². The van der Waals surface area contributed by atoms with Crippen molar-refractivity contribution in [3.63, 3.8) is 0 Å². The van der Waals surface area contributed by atoms with E-state index in [-0.39, 0.29) is 0 Å². The second-order valence-corrected chi connectivity index (χ2v) is 10.9. The first-order valence-corrected chi connectivity index (χ1v) is 11.9. The molecule has 92 valence electrons. The van der Waals surface area contributed by atoms with E-state index in [1.807, 2.05) is 23.5 Å². The molecule has 0 radical (unpaired) electrons. The van der Waals surface area contributed by atoms with Gasteiger partial charge in [0, 0.05) is 8.86 Å². The number of halogens is 2. The quantitative estimate of drug-likeness (QED) is 0.125. The molecular formula is C9H12I2S5. The molecule has 0 aliphatic carbocycles. The molecule has 0 aliphatic heterocycles. The van der Waals surface area contributed by atoms with Gasteiger partial charge in [0.1, 0.15) is 3.14 Å². The van der Waals surface area contributed by atoms with Crippen molar-refractivity contribution in [3.05, 3.63) is 3.14 Å². The van der Waals surface area contributed by atoms with Crippen molar-refractivity contribution in [2.75, 3.05) is 20.4 Å². The zero-order chi connectivity index (χ0) is 11.8. The van der Waals surface area contributed by atoms with Crippen LogP contribution < -0.4 is 0 Å². The molecule has 0 saturated carbocycles. The van der Waals surface area contributed by atoms with E-state index < -0.39 is 0 Å². The molecule has 1 aromatic rings. The summed E-state index contributed by atoms with van der Waals surface area (Å²) in [5.41, 5.74) is 0. The van der Waals surface area contributed by atoms with Crippen LogP contribution in [0.1, 0.15) is 12.8 Å². The van der Waals surface area contributed by atoms with E-state index in [0.717, 1.165) is 3.14 Å². The number of alkyl halides is 2. The Morgan fingerprint density at radius 2 is 1.38 bits per heavy atom. The van der Waals surface area contributed by atoms with Gasteiger partial charge in [-0.2, -0.15) is 0 Å². The third-order valence-electron chi connectivity index (χ3n) is 1.54. The summed E-state index contributed by atoms with van der Waals surface area (Å²) in [6, 6.07) is 0. The van der Waals surface area contributed by atoms with E-state index >= 15 is 0 Å². The van der Waals surface area contributed by atoms with Crippen LogP contribution in [0.5, 0.6) is 0 Å². The van der Waals surface area contributed by atoms with Gasteiger partial charge in [0.2, 0.25) is 0 Å². The highest BCUT2D eigenvalue weighted by molar-refractivity contribution is 14.1. The Morgan fingerprint density at radius 1 is 0.938 bits per heavy atom. The molecule has 16 heavy (non-hydrogen) atoms. The lowest BCUT2D eigenvalue weighted by Crippen LogP contribution is -1.81. The highest BCUT2D eigenvalue weighted by Gasteiger charge is 2.08. The Morgan fingerprint density at radius 3 is 1.75 bits per heavy atom. The molecule has 7 heteroatoms. The molecule has 0 aromatic carbocycles. The number of rotatable bonds is 8. The van der Waals surface area contributed by atoms with Crippen LogP contribution in [0.25, 0.3) is 0 Å². The van der Waals surface area contributed by atoms with Gasteiger partial charge in [-0.1, -0.05) is 57.4 Å². The van der Waals surface area contributed by atoms with E-state index in [2.05, 4.69) is 45.2 Å². The molecule has 0 fully saturated rings. The molecule has 1 heterocycles. The average molecular weight is 534 g/mol. The Bertz CT molecular complexity index is 315. The predicted octanol–water partition coefficient (Wildman–Crippen LogP) is 6.37. The van der Waals surface area contributed by atoms with E-state index in [1.54, 1.807) is 22.7 Å². The number of hydrogen-bond donors (Lipinski definition) is 0. The number of hydrogen-bond acceptors (Lipinski definition) is 5. The van der Waals surface area contributed by atoms with Crippen LogP contribution in [0.3, 0.4) is 0 Å². The van der Waals surface area contributed by atoms with Crippen molar-refractivity contribution in [3.8, 4) is 0 Å². The topological polar surface area (TPSA) is 0 Å². The van der Waals surface area contributed by atoms with Crippen LogP contribution in [-0.4, -0.2) is 20.4 Å². The lowest BCUT2D eigenvalue weighted by atomic mass is 10.6. The SMILES string of the molecule is S=c1sc(SCCCI)c(SCCCI)s1. The van der Waals surface area contributed by atoms with Crippen LogP contribution in [0.2, 0.25) is 0 Å². The van der Waals surface area contributed by atoms with E-state index in [9.17, 15) is 0 Å². The lowest BCUT2D eigenvalue weighted by molar-refractivity contribution is 1.14. The minimum Gasteiger partial charge on any atom is -0.113 e. The maximum absolute atomic E-state index is 5.29. The summed E-state index contributed by atoms with van der Waals surface area (Å²) >= 11 is 17.7. The second-order valence-electron chi connectivity index (χ2n) is 2.81. The normalized spacial score (nSPS) is 10.9. The molecular weight excluding hydrogens is 522 g/mol. The van der Waals surface area contributed by atoms with Gasteiger partial charge in [0.05, 0.1) is 8.42 Å². The first kappa shape index (κ1) is 16.5. The zero-order valence-corrected chi connectivity index (χ0v) is 16.9. The molecule has 0 unspecified atom stereocenters. The molecule has 1 rings (SSSR count). The summed E-state index contributed by atoms with van der Waals surface area (Å²) in [7, 11) is 0. The molecule has 0 aliphatic rings. The van der Waals surface area contributed by atoms with Crippen LogP contribution in [0.15, 0.2) is 8.42 Å². The molecule has 1 aromatic heterocycles. The van der Waals surface area contributed by atoms with Crippen molar-refractivity contribution in [1.82, 2.24) is 0 Å². The molecule has 0 nitrogen and oxygen atoms in total. The van der Waals surface area contributed by atoms with Gasteiger partial charge >= 0.3 is 0 Å². The van der Waals surface area contributed by atoms with Gasteiger partial charge in [0.25, 0.3) is 0 Å². The summed E-state index contributed by atoms with van der Waals surface area (Å²) < 4.78 is 6.49. The van der Waals surface area contributed by atoms with Crippen molar-refractivity contribution < 1.29 is 0 Å². The Hall–Kier alpha value is 2.43. The van der Waals surface area contributed by atoms with E-state index in [0.29, 0.717) is 0 Å². The summed E-state index contributed by atoms with van der Waals surface area (Å²) in [5, 5.41) is 0. The van der Waals surface area contributed by atoms with Gasteiger partial charge in [-0.15, -0.1) is 46.2 Å². The molecule has 0 amide bonds. The molecule has 0 atom stereocenters. The van der Waals surface area contributed by atoms with Crippen molar-refractivity contribution in [2.24, 2.45) is 0 Å². The van der Waals surface area contributed by atoms with E-state index in [1.165, 1.54) is 41.6 Å². The smallest absolute Gasteiger partial charge is 0.113 e. The fraction of sp³-hybridized carbons (Fsp3) is 0.667. The molecule has 0 N–H and O–H groups in total. The molecule has 0 saturated heterocycles. The number of thioether (sulfide) groups is 2. The summed E-state index contributed by atoms with van der Waals surface area (Å²) in [6.45, 7) is 0. The second kappa shape index (κ2) is 10.2. The van der Waals surface area contributed by atoms with Crippen LogP contribution in [0.4, 0.5) is 0 Å². The highest BCUT2D eigenvalue weighted by Crippen LogP contribution is 2.41. The third-order valence-corrected chi connectivity index (χ3v) is 8.82. The molecule has 0 bridgehead atoms. The fourth-order valence-corrected chi connectivity index (χ4v) is 8.80. The van der Waals surface area contributed by atoms with Gasteiger partial charge < -0.3 is 0 Å². The average Bonchev–Trinajstić information content (AvgIpc) is 2.60. The maximum atomic E-state index is 5.29. The highest BCUT2D eigenvalue weighted by atomic mass is 127. The summed E-state index contributed by atoms with van der Waals surface area (Å²) in [5.74, 6) is 2.45. The predicted molar refractivity (Wildman–Crippen MR) is 101 cm³/mol. The Kier molecular flexibility index (Phi) is 10.6. The Balaban J connectivity index is 2.50. The van der Waals surface area contributed by atoms with Crippen LogP contribution >= 0.6 is 104 Å². The van der Waals surface area contributed by atoms with Gasteiger partial charge in [-0.05, 0) is 24.3 Å². The van der Waals surface area contributed by atoms with Gasteiger partial charge in [0.15, 0.2) is 0 Å². The zero-order valence-electron chi connectivity index (χ0n) is 8.54. The van der Waals surface area contributed by atoms with Gasteiger partial charge in [-0.25, -0.2) is 0 Å². The monoisotopic (exact) mass is 534 g/mol. The fourth-order valence-electron chi connectivity index (χ4n) is 0.871. The van der Waals surface area contributed by atoms with Crippen LogP contribution in [-0.2, 0) is 0 Å². The largest absolute Gasteiger partial charge is 0.145 e. The molecule has 0 spiro atoms.